The fourth-order valence-electron chi connectivity index (χ4n) is 4.34. The highest BCUT2D eigenvalue weighted by Crippen LogP contribution is 2.37. The Morgan fingerprint density at radius 3 is 2.47 bits per heavy atom. The van der Waals surface area contributed by atoms with Crippen molar-refractivity contribution in [3.05, 3.63) is 65.0 Å². The van der Waals surface area contributed by atoms with Crippen LogP contribution in [0.15, 0.2) is 47.0 Å². The predicted molar refractivity (Wildman–Crippen MR) is 131 cm³/mol. The molecule has 11 heteroatoms. The monoisotopic (exact) mass is 533 g/mol. The Labute approximate surface area is 218 Å². The molecule has 204 valence electrons. The van der Waals surface area contributed by atoms with Crippen molar-refractivity contribution in [3.63, 3.8) is 0 Å². The van der Waals surface area contributed by atoms with E-state index in [1.165, 1.54) is 17.0 Å². The first-order valence-corrected chi connectivity index (χ1v) is 12.2. The van der Waals surface area contributed by atoms with Crippen LogP contribution in [-0.4, -0.2) is 51.6 Å². The van der Waals surface area contributed by atoms with E-state index in [-0.39, 0.29) is 42.2 Å². The maximum absolute atomic E-state index is 14.0. The molecule has 4 rings (SSSR count). The minimum Gasteiger partial charge on any atom is -0.497 e. The Morgan fingerprint density at radius 2 is 1.84 bits per heavy atom. The van der Waals surface area contributed by atoms with Crippen molar-refractivity contribution in [2.24, 2.45) is 0 Å². The number of aromatic nitrogens is 2. The molecule has 8 nitrogen and oxygen atoms in total. The fraction of sp³-hybridized carbons (Fsp3) is 0.444. The van der Waals surface area contributed by atoms with Crippen molar-refractivity contribution in [2.75, 3.05) is 13.7 Å². The number of amides is 1. The first-order valence-electron chi connectivity index (χ1n) is 12.2. The molecule has 0 bridgehead atoms. The van der Waals surface area contributed by atoms with E-state index < -0.39 is 35.6 Å². The summed E-state index contributed by atoms with van der Waals surface area (Å²) in [7, 11) is 1.55. The molecule has 1 fully saturated rings. The van der Waals surface area contributed by atoms with Gasteiger partial charge in [-0.15, -0.1) is 0 Å². The lowest BCUT2D eigenvalue weighted by atomic mass is 9.97. The highest BCUT2D eigenvalue weighted by Gasteiger charge is 2.43. The molecule has 1 N–H and O–H groups in total. The molecular formula is C27H30F3N3O5. The van der Waals surface area contributed by atoms with Crippen LogP contribution in [0.4, 0.5) is 18.0 Å². The lowest BCUT2D eigenvalue weighted by Crippen LogP contribution is -2.38. The number of aryl methyl sites for hydroxylation is 2. The molecule has 2 aromatic carbocycles. The van der Waals surface area contributed by atoms with Gasteiger partial charge in [-0.2, -0.15) is 18.2 Å². The van der Waals surface area contributed by atoms with Gasteiger partial charge in [0.25, 0.3) is 5.89 Å². The van der Waals surface area contributed by atoms with Crippen molar-refractivity contribution in [3.8, 4) is 17.1 Å². The quantitative estimate of drug-likeness (QED) is 0.441. The van der Waals surface area contributed by atoms with Gasteiger partial charge in [-0.1, -0.05) is 29.4 Å². The molecule has 1 saturated heterocycles. The van der Waals surface area contributed by atoms with Gasteiger partial charge < -0.3 is 19.1 Å². The SMILES string of the molecule is COc1ccc(CCc2ccc(-c3noc([C@@H]4[C@@H](O)CCN4C(=O)OC(C)(C)C)n3)cc2C(F)(F)F)cc1. The van der Waals surface area contributed by atoms with Gasteiger partial charge in [0.1, 0.15) is 17.4 Å². The van der Waals surface area contributed by atoms with Gasteiger partial charge in [-0.05, 0) is 69.4 Å². The topological polar surface area (TPSA) is 97.9 Å². The van der Waals surface area contributed by atoms with Gasteiger partial charge in [-0.25, -0.2) is 4.79 Å². The molecule has 3 aromatic rings. The number of rotatable bonds is 6. The number of aliphatic hydroxyl groups is 1. The van der Waals surface area contributed by atoms with E-state index in [1.54, 1.807) is 40.0 Å². The second kappa shape index (κ2) is 10.6. The standard InChI is InChI=1S/C27H30F3N3O5/c1-26(2,3)37-25(35)33-14-13-21(34)22(33)24-31-23(32-38-24)18-10-9-17(20(15-18)27(28,29)30)8-5-16-6-11-19(36-4)12-7-16/h6-7,9-12,15,21-22,34H,5,8,13-14H2,1-4H3/t21-,22-/m0/s1. The molecule has 2 atom stereocenters. The number of ether oxygens (including phenoxy) is 2. The van der Waals surface area contributed by atoms with E-state index in [4.69, 9.17) is 14.0 Å². The highest BCUT2D eigenvalue weighted by atomic mass is 19.4. The summed E-state index contributed by atoms with van der Waals surface area (Å²) in [6.07, 6.45) is -5.37. The number of halogens is 3. The molecule has 0 saturated carbocycles. The van der Waals surface area contributed by atoms with E-state index in [1.807, 2.05) is 12.1 Å². The molecule has 2 heterocycles. The third-order valence-electron chi connectivity index (χ3n) is 6.20. The Bertz CT molecular complexity index is 1270. The van der Waals surface area contributed by atoms with Gasteiger partial charge in [0, 0.05) is 12.1 Å². The van der Waals surface area contributed by atoms with Crippen LogP contribution in [0.1, 0.15) is 55.8 Å². The number of carbonyl (C=O) groups is 1. The van der Waals surface area contributed by atoms with Gasteiger partial charge in [0.15, 0.2) is 0 Å². The molecule has 1 amide bonds. The van der Waals surface area contributed by atoms with Crippen LogP contribution < -0.4 is 4.74 Å². The van der Waals surface area contributed by atoms with Crippen LogP contribution >= 0.6 is 0 Å². The minimum atomic E-state index is -4.59. The van der Waals surface area contributed by atoms with E-state index in [9.17, 15) is 23.1 Å². The van der Waals surface area contributed by atoms with Gasteiger partial charge in [0.05, 0.1) is 18.8 Å². The number of nitrogens with zero attached hydrogens (tertiary/aromatic N) is 3. The number of methoxy groups -OCH3 is 1. The smallest absolute Gasteiger partial charge is 0.416 e. The van der Waals surface area contributed by atoms with Crippen LogP contribution in [0.25, 0.3) is 11.4 Å². The summed E-state index contributed by atoms with van der Waals surface area (Å²) in [5.74, 6) is 0.524. The number of benzene rings is 2. The Hall–Kier alpha value is -3.60. The largest absolute Gasteiger partial charge is 0.497 e. The summed E-state index contributed by atoms with van der Waals surface area (Å²) in [4.78, 5) is 18.2. The van der Waals surface area contributed by atoms with Gasteiger partial charge in [-0.3, -0.25) is 4.90 Å². The normalized spacial score (nSPS) is 18.1. The average molecular weight is 534 g/mol. The number of likely N-dealkylation sites (tertiary alicyclic amines) is 1. The van der Waals surface area contributed by atoms with Crippen LogP contribution in [0.3, 0.4) is 0 Å². The van der Waals surface area contributed by atoms with Crippen LogP contribution in [0.2, 0.25) is 0 Å². The van der Waals surface area contributed by atoms with E-state index in [0.29, 0.717) is 12.2 Å². The number of hydrogen-bond donors (Lipinski definition) is 1. The van der Waals surface area contributed by atoms with Gasteiger partial charge in [0.2, 0.25) is 5.82 Å². The Balaban J connectivity index is 1.56. The number of alkyl halides is 3. The summed E-state index contributed by atoms with van der Waals surface area (Å²) in [5, 5.41) is 14.3. The van der Waals surface area contributed by atoms with Crippen LogP contribution in [0.5, 0.6) is 5.75 Å². The average Bonchev–Trinajstić information content (AvgIpc) is 3.48. The molecule has 0 radical (unpaired) electrons. The van der Waals surface area contributed by atoms with E-state index in [0.717, 1.165) is 11.6 Å². The summed E-state index contributed by atoms with van der Waals surface area (Å²) >= 11 is 0. The van der Waals surface area contributed by atoms with Crippen LogP contribution in [-0.2, 0) is 23.8 Å². The molecule has 0 spiro atoms. The Morgan fingerprint density at radius 1 is 1.13 bits per heavy atom. The lowest BCUT2D eigenvalue weighted by Gasteiger charge is -2.27. The number of aliphatic hydroxyl groups excluding tert-OH is 1. The molecular weight excluding hydrogens is 503 g/mol. The molecule has 0 aliphatic carbocycles. The third kappa shape index (κ3) is 6.27. The van der Waals surface area contributed by atoms with Crippen molar-refractivity contribution in [1.82, 2.24) is 15.0 Å². The van der Waals surface area contributed by atoms with Crippen molar-refractivity contribution < 1.29 is 37.1 Å². The summed E-state index contributed by atoms with van der Waals surface area (Å²) in [6, 6.07) is 10.1. The third-order valence-corrected chi connectivity index (χ3v) is 6.20. The molecule has 1 aliphatic heterocycles. The lowest BCUT2D eigenvalue weighted by molar-refractivity contribution is -0.138. The zero-order valence-electron chi connectivity index (χ0n) is 21.6. The number of carbonyl (C=O) groups excluding carboxylic acids is 1. The zero-order chi connectivity index (χ0) is 27.7. The van der Waals surface area contributed by atoms with Crippen molar-refractivity contribution >= 4 is 6.09 Å². The molecule has 0 unspecified atom stereocenters. The van der Waals surface area contributed by atoms with Gasteiger partial charge >= 0.3 is 12.3 Å². The maximum atomic E-state index is 14.0. The second-order valence-electron chi connectivity index (χ2n) is 10.1. The predicted octanol–water partition coefficient (Wildman–Crippen LogP) is 5.59. The summed E-state index contributed by atoms with van der Waals surface area (Å²) in [5.41, 5.74) is -0.403. The first-order chi connectivity index (χ1) is 17.9. The molecule has 38 heavy (non-hydrogen) atoms. The van der Waals surface area contributed by atoms with Crippen molar-refractivity contribution in [2.45, 2.75) is 64.0 Å². The van der Waals surface area contributed by atoms with E-state index in [2.05, 4.69) is 10.1 Å². The molecule has 1 aromatic heterocycles. The minimum absolute atomic E-state index is 0.0737. The van der Waals surface area contributed by atoms with Crippen LogP contribution in [0, 0.1) is 0 Å². The second-order valence-corrected chi connectivity index (χ2v) is 10.1. The molecule has 1 aliphatic rings. The highest BCUT2D eigenvalue weighted by molar-refractivity contribution is 5.69. The fourth-order valence-corrected chi connectivity index (χ4v) is 4.34. The Kier molecular flexibility index (Phi) is 7.68. The van der Waals surface area contributed by atoms with E-state index >= 15 is 0 Å². The summed E-state index contributed by atoms with van der Waals surface area (Å²) in [6.45, 7) is 5.36. The first kappa shape index (κ1) is 27.4. The maximum Gasteiger partial charge on any atom is 0.416 e. The zero-order valence-corrected chi connectivity index (χ0v) is 21.6. The van der Waals surface area contributed by atoms with Crippen molar-refractivity contribution in [1.29, 1.82) is 0 Å². The number of hydrogen-bond acceptors (Lipinski definition) is 7. The summed E-state index contributed by atoms with van der Waals surface area (Å²) < 4.78 is 57.7.